The van der Waals surface area contributed by atoms with Gasteiger partial charge in [-0.2, -0.15) is 0 Å². The van der Waals surface area contributed by atoms with Crippen molar-refractivity contribution in [1.29, 1.82) is 0 Å². The van der Waals surface area contributed by atoms with E-state index in [0.29, 0.717) is 37.6 Å². The van der Waals surface area contributed by atoms with Gasteiger partial charge in [0.15, 0.2) is 0 Å². The van der Waals surface area contributed by atoms with Gasteiger partial charge in [-0.3, -0.25) is 4.79 Å². The van der Waals surface area contributed by atoms with Gasteiger partial charge in [0.1, 0.15) is 11.6 Å². The van der Waals surface area contributed by atoms with Crippen molar-refractivity contribution >= 4 is 23.3 Å². The summed E-state index contributed by atoms with van der Waals surface area (Å²) in [5.74, 6) is 0.129. The average molecular weight is 386 g/mol. The Morgan fingerprint density at radius 1 is 1.00 bits per heavy atom. The molecule has 3 rings (SSSR count). The molecule has 8 heteroatoms. The molecule has 0 aliphatic carbocycles. The Morgan fingerprint density at radius 2 is 1.64 bits per heavy atom. The second-order valence-corrected chi connectivity index (χ2v) is 6.39. The molecule has 2 aromatic carbocycles. The second-order valence-electron chi connectivity index (χ2n) is 6.39. The number of urea groups is 1. The Balaban J connectivity index is 1.41. The molecule has 1 aliphatic rings. The van der Waals surface area contributed by atoms with E-state index in [-0.39, 0.29) is 24.3 Å². The lowest BCUT2D eigenvalue weighted by Gasteiger charge is -2.36. The van der Waals surface area contributed by atoms with E-state index < -0.39 is 0 Å². The van der Waals surface area contributed by atoms with Crippen molar-refractivity contribution < 1.29 is 18.7 Å². The predicted octanol–water partition coefficient (Wildman–Crippen LogP) is 2.30. The van der Waals surface area contributed by atoms with Gasteiger partial charge in [0.05, 0.1) is 13.7 Å². The van der Waals surface area contributed by atoms with Crippen molar-refractivity contribution in [3.63, 3.8) is 0 Å². The maximum atomic E-state index is 13.0. The molecular weight excluding hydrogens is 363 g/mol. The number of carbonyl (C=O) groups excluding carboxylic acids is 2. The highest BCUT2D eigenvalue weighted by Gasteiger charge is 2.21. The first kappa shape index (κ1) is 19.5. The number of ether oxygens (including phenoxy) is 1. The fourth-order valence-corrected chi connectivity index (χ4v) is 2.97. The number of benzene rings is 2. The van der Waals surface area contributed by atoms with E-state index in [9.17, 15) is 14.0 Å². The molecule has 1 aliphatic heterocycles. The number of rotatable bonds is 5. The van der Waals surface area contributed by atoms with Gasteiger partial charge < -0.3 is 25.2 Å². The maximum absolute atomic E-state index is 13.0. The highest BCUT2D eigenvalue weighted by molar-refractivity contribution is 5.94. The number of nitrogens with zero attached hydrogens (tertiary/aromatic N) is 2. The van der Waals surface area contributed by atoms with Crippen LogP contribution in [-0.2, 0) is 4.79 Å². The van der Waals surface area contributed by atoms with Crippen LogP contribution in [0.5, 0.6) is 5.75 Å². The molecule has 1 saturated heterocycles. The van der Waals surface area contributed by atoms with Crippen LogP contribution in [0.25, 0.3) is 0 Å². The third-order valence-corrected chi connectivity index (χ3v) is 4.53. The molecule has 0 unspecified atom stereocenters. The predicted molar refractivity (Wildman–Crippen MR) is 105 cm³/mol. The molecule has 7 nitrogen and oxygen atoms in total. The summed E-state index contributed by atoms with van der Waals surface area (Å²) in [4.78, 5) is 28.0. The van der Waals surface area contributed by atoms with Crippen molar-refractivity contribution in [3.8, 4) is 5.75 Å². The van der Waals surface area contributed by atoms with Crippen LogP contribution in [0, 0.1) is 5.82 Å². The fourth-order valence-electron chi connectivity index (χ4n) is 2.97. The minimum Gasteiger partial charge on any atom is -0.497 e. The van der Waals surface area contributed by atoms with Crippen LogP contribution in [0.1, 0.15) is 0 Å². The van der Waals surface area contributed by atoms with Gasteiger partial charge in [0.25, 0.3) is 0 Å². The van der Waals surface area contributed by atoms with Crippen LogP contribution < -0.4 is 20.3 Å². The summed E-state index contributed by atoms with van der Waals surface area (Å²) in [6.07, 6.45) is 0. The third-order valence-electron chi connectivity index (χ3n) is 4.53. The standard InChI is InChI=1S/C20H23FN4O3/c1-28-18-8-4-16(5-9-18)23-19(26)14-22-20(27)25-12-10-24(11-13-25)17-6-2-15(21)3-7-17/h2-9H,10-14H2,1H3,(H,22,27)(H,23,26). The number of halogens is 1. The van der Waals surface area contributed by atoms with Gasteiger partial charge in [-0.15, -0.1) is 0 Å². The molecule has 3 amide bonds. The average Bonchev–Trinajstić information content (AvgIpc) is 2.73. The van der Waals surface area contributed by atoms with E-state index in [1.54, 1.807) is 48.4 Å². The maximum Gasteiger partial charge on any atom is 0.317 e. The molecule has 1 heterocycles. The number of anilines is 2. The van der Waals surface area contributed by atoms with Crippen LogP contribution >= 0.6 is 0 Å². The van der Waals surface area contributed by atoms with Gasteiger partial charge in [0.2, 0.25) is 5.91 Å². The Kier molecular flexibility index (Phi) is 6.31. The number of amides is 3. The summed E-state index contributed by atoms with van der Waals surface area (Å²) < 4.78 is 18.1. The summed E-state index contributed by atoms with van der Waals surface area (Å²) in [5, 5.41) is 5.36. The molecule has 28 heavy (non-hydrogen) atoms. The first-order valence-electron chi connectivity index (χ1n) is 9.02. The summed E-state index contributed by atoms with van der Waals surface area (Å²) in [5.41, 5.74) is 1.56. The van der Waals surface area contributed by atoms with E-state index in [1.165, 1.54) is 12.1 Å². The Bertz CT molecular complexity index is 803. The third kappa shape index (κ3) is 5.12. The summed E-state index contributed by atoms with van der Waals surface area (Å²) in [6.45, 7) is 2.25. The number of piperazine rings is 1. The van der Waals surface area contributed by atoms with E-state index in [1.807, 2.05) is 0 Å². The highest BCUT2D eigenvalue weighted by Crippen LogP contribution is 2.17. The molecule has 2 N–H and O–H groups in total. The Hall–Kier alpha value is -3.29. The molecule has 1 fully saturated rings. The molecule has 2 aromatic rings. The quantitative estimate of drug-likeness (QED) is 0.827. The van der Waals surface area contributed by atoms with E-state index in [0.717, 1.165) is 5.69 Å². The van der Waals surface area contributed by atoms with Gasteiger partial charge >= 0.3 is 6.03 Å². The van der Waals surface area contributed by atoms with Crippen LogP contribution in [-0.4, -0.2) is 56.7 Å². The zero-order valence-corrected chi connectivity index (χ0v) is 15.7. The minimum absolute atomic E-state index is 0.108. The fraction of sp³-hybridized carbons (Fsp3) is 0.300. The molecule has 148 valence electrons. The molecule has 0 radical (unpaired) electrons. The van der Waals surface area contributed by atoms with Gasteiger partial charge in [-0.25, -0.2) is 9.18 Å². The van der Waals surface area contributed by atoms with Gasteiger partial charge in [0, 0.05) is 37.6 Å². The van der Waals surface area contributed by atoms with Crippen molar-refractivity contribution in [3.05, 3.63) is 54.3 Å². The van der Waals surface area contributed by atoms with Crippen molar-refractivity contribution in [2.75, 3.05) is 50.1 Å². The minimum atomic E-state index is -0.302. The van der Waals surface area contributed by atoms with Crippen LogP contribution in [0.4, 0.5) is 20.6 Å². The number of hydrogen-bond donors (Lipinski definition) is 2. The number of nitrogens with one attached hydrogen (secondary N) is 2. The number of carbonyl (C=O) groups is 2. The molecule has 0 spiro atoms. The first-order valence-corrected chi connectivity index (χ1v) is 9.02. The number of methoxy groups -OCH3 is 1. The summed E-state index contributed by atoms with van der Waals surface area (Å²) in [7, 11) is 1.57. The lowest BCUT2D eigenvalue weighted by Crippen LogP contribution is -2.52. The summed E-state index contributed by atoms with van der Waals surface area (Å²) >= 11 is 0. The summed E-state index contributed by atoms with van der Waals surface area (Å²) in [6, 6.07) is 13.0. The molecule has 0 aromatic heterocycles. The normalized spacial score (nSPS) is 13.8. The molecular formula is C20H23FN4O3. The second kappa shape index (κ2) is 9.07. The Labute approximate surface area is 163 Å². The van der Waals surface area contributed by atoms with Gasteiger partial charge in [-0.1, -0.05) is 0 Å². The molecule has 0 atom stereocenters. The van der Waals surface area contributed by atoms with E-state index in [2.05, 4.69) is 15.5 Å². The van der Waals surface area contributed by atoms with Crippen LogP contribution in [0.3, 0.4) is 0 Å². The smallest absolute Gasteiger partial charge is 0.317 e. The molecule has 0 saturated carbocycles. The van der Waals surface area contributed by atoms with Crippen molar-refractivity contribution in [2.24, 2.45) is 0 Å². The van der Waals surface area contributed by atoms with Crippen LogP contribution in [0.2, 0.25) is 0 Å². The van der Waals surface area contributed by atoms with Crippen molar-refractivity contribution in [2.45, 2.75) is 0 Å². The molecule has 0 bridgehead atoms. The van der Waals surface area contributed by atoms with E-state index in [4.69, 9.17) is 4.74 Å². The van der Waals surface area contributed by atoms with Crippen LogP contribution in [0.15, 0.2) is 48.5 Å². The number of hydrogen-bond acceptors (Lipinski definition) is 4. The lowest BCUT2D eigenvalue weighted by atomic mass is 10.2. The monoisotopic (exact) mass is 386 g/mol. The largest absolute Gasteiger partial charge is 0.497 e. The first-order chi connectivity index (χ1) is 13.5. The van der Waals surface area contributed by atoms with Crippen molar-refractivity contribution in [1.82, 2.24) is 10.2 Å². The zero-order valence-electron chi connectivity index (χ0n) is 15.7. The van der Waals surface area contributed by atoms with E-state index >= 15 is 0 Å². The lowest BCUT2D eigenvalue weighted by molar-refractivity contribution is -0.115. The SMILES string of the molecule is COc1ccc(NC(=O)CNC(=O)N2CCN(c3ccc(F)cc3)CC2)cc1. The van der Waals surface area contributed by atoms with Gasteiger partial charge in [-0.05, 0) is 48.5 Å². The Morgan fingerprint density at radius 3 is 2.25 bits per heavy atom. The highest BCUT2D eigenvalue weighted by atomic mass is 19.1. The zero-order chi connectivity index (χ0) is 19.9. The topological polar surface area (TPSA) is 73.9 Å².